The Bertz CT molecular complexity index is 3400. The molecule has 9 aromatic carbocycles. The number of benzene rings is 9. The number of aliphatic imine (C=N–C) groups is 1. The molecule has 0 saturated carbocycles. The van der Waals surface area contributed by atoms with Gasteiger partial charge < -0.3 is 5.73 Å². The van der Waals surface area contributed by atoms with E-state index in [2.05, 4.69) is 66.5 Å². The van der Waals surface area contributed by atoms with E-state index in [1.807, 2.05) is 93.6 Å². The molecular weight excluding hydrogens is 1040 g/mol. The molecule has 2 N–H and O–H groups in total. The topological polar surface area (TPSA) is 55.5 Å². The van der Waals surface area contributed by atoms with Crippen molar-refractivity contribution in [3.8, 4) is 0 Å². The van der Waals surface area contributed by atoms with E-state index in [1.54, 1.807) is 25.1 Å². The van der Waals surface area contributed by atoms with E-state index in [-0.39, 0.29) is 5.78 Å². The van der Waals surface area contributed by atoms with Gasteiger partial charge in [-0.15, -0.1) is 0 Å². The third-order valence-corrected chi connectivity index (χ3v) is 13.5. The number of fused-ring (bicyclic) bond motifs is 3. The normalized spacial score (nSPS) is 12.0. The van der Waals surface area contributed by atoms with E-state index in [0.717, 1.165) is 76.0 Å². The fourth-order valence-electron chi connectivity index (χ4n) is 9.32. The van der Waals surface area contributed by atoms with Gasteiger partial charge in [-0.1, -0.05) is 209 Å². The number of unbranched alkanes of at least 4 members (excludes halogenated alkanes) is 1. The average Bonchev–Trinajstić information content (AvgIpc) is 3.53. The number of carbonyl (C=O) groups excluding carboxylic acids is 1. The Morgan fingerprint density at radius 3 is 1.27 bits per heavy atom. The molecule has 12 heteroatoms. The summed E-state index contributed by atoms with van der Waals surface area (Å²) >= 11 is 0. The van der Waals surface area contributed by atoms with Crippen LogP contribution in [-0.4, -0.2) is 24.6 Å². The van der Waals surface area contributed by atoms with Crippen LogP contribution in [0.25, 0.3) is 32.3 Å². The van der Waals surface area contributed by atoms with Crippen molar-refractivity contribution in [1.29, 1.82) is 0 Å². The molecule has 0 aliphatic heterocycles. The highest BCUT2D eigenvalue weighted by molar-refractivity contribution is 6.10. The lowest BCUT2D eigenvalue weighted by Gasteiger charge is -2.15. The summed E-state index contributed by atoms with van der Waals surface area (Å²) in [6, 6.07) is 59.4. The molecule has 0 saturated heterocycles. The molecule has 1 unspecified atom stereocenters. The predicted molar refractivity (Wildman–Crippen MR) is 316 cm³/mol. The van der Waals surface area contributed by atoms with Crippen molar-refractivity contribution >= 4 is 43.8 Å². The van der Waals surface area contributed by atoms with E-state index in [9.17, 15) is 44.3 Å². The summed E-state index contributed by atoms with van der Waals surface area (Å²) in [6.45, 7) is 10.9. The van der Waals surface area contributed by atoms with E-state index < -0.39 is 35.2 Å². The van der Waals surface area contributed by atoms with Gasteiger partial charge >= 0.3 is 18.5 Å². The Morgan fingerprint density at radius 1 is 0.444 bits per heavy atom. The number of nitrogens with two attached hydrogens (primary N) is 1. The zero-order valence-corrected chi connectivity index (χ0v) is 46.5. The molecule has 0 amide bonds. The van der Waals surface area contributed by atoms with Crippen LogP contribution in [0.3, 0.4) is 0 Å². The maximum absolute atomic E-state index is 12.8. The smallest absolute Gasteiger partial charge is 0.330 e. The van der Waals surface area contributed by atoms with Crippen molar-refractivity contribution in [3.63, 3.8) is 0 Å². The summed E-state index contributed by atoms with van der Waals surface area (Å²) in [7, 11) is 0. The van der Waals surface area contributed by atoms with E-state index >= 15 is 0 Å². The third-order valence-electron chi connectivity index (χ3n) is 13.5. The molecule has 0 aromatic heterocycles. The Balaban J connectivity index is 0.000000205. The minimum atomic E-state index is -4.29. The van der Waals surface area contributed by atoms with Crippen LogP contribution in [0.4, 0.5) is 39.5 Å². The van der Waals surface area contributed by atoms with Crippen molar-refractivity contribution in [1.82, 2.24) is 0 Å². The average molecular weight is 1120 g/mol. The largest absolute Gasteiger partial charge is 0.416 e. The molecule has 0 heterocycles. The van der Waals surface area contributed by atoms with Crippen LogP contribution >= 0.6 is 0 Å². The van der Waals surface area contributed by atoms with Gasteiger partial charge in [-0.05, 0) is 144 Å². The second kappa shape index (κ2) is 31.4. The summed E-state index contributed by atoms with van der Waals surface area (Å²) in [5.74, 6) is 0.555. The van der Waals surface area contributed by atoms with E-state index in [4.69, 9.17) is 5.73 Å². The molecule has 0 aliphatic carbocycles. The number of carbonyl (C=O) groups is 1. The first kappa shape index (κ1) is 64.3. The molecule has 0 radical (unpaired) electrons. The minimum absolute atomic E-state index is 0.122. The number of nitrogens with zero attached hydrogens (tertiary/aromatic N) is 1. The molecule has 9 aromatic rings. The maximum Gasteiger partial charge on any atom is 0.416 e. The zero-order valence-electron chi connectivity index (χ0n) is 46.5. The number of alkyl halides is 9. The first-order valence-corrected chi connectivity index (χ1v) is 27.4. The number of rotatable bonds is 15. The second-order valence-electron chi connectivity index (χ2n) is 19.4. The molecule has 81 heavy (non-hydrogen) atoms. The number of hydrogen-bond acceptors (Lipinski definition) is 3. The molecule has 9 rings (SSSR count). The third kappa shape index (κ3) is 20.2. The molecule has 0 bridgehead atoms. The first-order valence-electron chi connectivity index (χ1n) is 27.4. The van der Waals surface area contributed by atoms with Gasteiger partial charge in [0, 0.05) is 23.4 Å². The van der Waals surface area contributed by atoms with Crippen molar-refractivity contribution in [2.75, 3.05) is 13.1 Å². The Hall–Kier alpha value is -7.57. The van der Waals surface area contributed by atoms with Crippen LogP contribution < -0.4 is 5.73 Å². The lowest BCUT2D eigenvalue weighted by atomic mass is 9.90. The number of aryl methyl sites for hydroxylation is 3. The lowest BCUT2D eigenvalue weighted by Crippen LogP contribution is -2.06. The number of hydrogen-bond donors (Lipinski definition) is 1. The molecule has 0 spiro atoms. The number of Topliss-reactive ketones (excluding diaryl/α,β-unsaturated/α-hetero) is 1. The number of halogens is 9. The SMILES string of the molecule is CC.CC(=NCCCc1cccc(C(F)(F)F)c1)c1cccc2ccccc12.CC(=O)c1cccc2ccccc12.CC(CCCCc1cccc(C(F)(F)F)c1)c1cccc2ccccc12.NCCCc1cccc(C(F)(F)F)c1. The van der Waals surface area contributed by atoms with Gasteiger partial charge in [-0.2, -0.15) is 39.5 Å². The molecule has 0 fully saturated rings. The number of ketones is 1. The van der Waals surface area contributed by atoms with Gasteiger partial charge in [0.1, 0.15) is 0 Å². The lowest BCUT2D eigenvalue weighted by molar-refractivity contribution is -0.138. The van der Waals surface area contributed by atoms with Gasteiger partial charge in [0.25, 0.3) is 0 Å². The fraction of sp³-hybridized carbons (Fsp3) is 0.275. The Labute approximate surface area is 470 Å². The van der Waals surface area contributed by atoms with Crippen LogP contribution in [0.15, 0.2) is 205 Å². The van der Waals surface area contributed by atoms with Gasteiger partial charge in [-0.3, -0.25) is 9.79 Å². The highest BCUT2D eigenvalue weighted by Crippen LogP contribution is 2.33. The standard InChI is InChI=1S/C23H23F3.C22H20F3N.C12H10O.C10H12F3N.C2H6/c1-17(21-15-7-12-19-11-4-5-14-22(19)21)8-2-3-9-18-10-6-13-20(16-18)23(24,25)26;1-16(20-13-5-10-18-9-2-3-12-21(18)20)26-14-6-8-17-7-4-11-19(15-17)22(23,24)25;1-9(13)11-8-4-6-10-5-2-3-7-12(10)11;11-10(12,13)9-5-1-3-8(7-9)4-2-6-14;1-2/h4-7,10-17H,2-3,8-9H2,1H3;2-5,7,9-13,15H,6,8,14H2,1H3;2-8H,1H3;1,3,5,7H,2,4,6,14H2;1-2H3. The zero-order chi connectivity index (χ0) is 59.0. The predicted octanol–water partition coefficient (Wildman–Crippen LogP) is 20.3. The first-order chi connectivity index (χ1) is 38.7. The van der Waals surface area contributed by atoms with Crippen LogP contribution in [0.5, 0.6) is 0 Å². The maximum atomic E-state index is 12.8. The fourth-order valence-corrected chi connectivity index (χ4v) is 9.32. The molecular formula is C69H71F9N2O. The van der Waals surface area contributed by atoms with Crippen molar-refractivity contribution in [3.05, 3.63) is 250 Å². The van der Waals surface area contributed by atoms with Gasteiger partial charge in [-0.25, -0.2) is 0 Å². The van der Waals surface area contributed by atoms with E-state index in [1.165, 1.54) is 58.1 Å². The summed E-state index contributed by atoms with van der Waals surface area (Å²) in [6.07, 6.45) is -6.59. The molecule has 3 nitrogen and oxygen atoms in total. The van der Waals surface area contributed by atoms with Crippen molar-refractivity contribution in [2.24, 2.45) is 10.7 Å². The monoisotopic (exact) mass is 1110 g/mol. The summed E-state index contributed by atoms with van der Waals surface area (Å²) in [5, 5.41) is 7.03. The second-order valence-corrected chi connectivity index (χ2v) is 19.4. The van der Waals surface area contributed by atoms with Crippen LogP contribution in [-0.2, 0) is 37.8 Å². The summed E-state index contributed by atoms with van der Waals surface area (Å²) in [5.41, 5.74) is 9.88. The van der Waals surface area contributed by atoms with Crippen molar-refractivity contribution in [2.45, 2.75) is 110 Å². The van der Waals surface area contributed by atoms with Crippen LogP contribution in [0.1, 0.15) is 128 Å². The van der Waals surface area contributed by atoms with E-state index in [0.29, 0.717) is 62.2 Å². The van der Waals surface area contributed by atoms with Gasteiger partial charge in [0.05, 0.1) is 16.7 Å². The molecule has 1 atom stereocenters. The van der Waals surface area contributed by atoms with Gasteiger partial charge in [0.2, 0.25) is 0 Å². The Morgan fingerprint density at radius 2 is 0.815 bits per heavy atom. The van der Waals surface area contributed by atoms with Crippen LogP contribution in [0.2, 0.25) is 0 Å². The summed E-state index contributed by atoms with van der Waals surface area (Å²) in [4.78, 5) is 15.9. The van der Waals surface area contributed by atoms with Crippen molar-refractivity contribution < 1.29 is 44.3 Å². The Kier molecular flexibility index (Phi) is 24.9. The molecule has 426 valence electrons. The van der Waals surface area contributed by atoms with Crippen LogP contribution in [0, 0.1) is 0 Å². The molecule has 0 aliphatic rings. The quantitative estimate of drug-likeness (QED) is 0.0481. The van der Waals surface area contributed by atoms with Gasteiger partial charge in [0.15, 0.2) is 5.78 Å². The summed E-state index contributed by atoms with van der Waals surface area (Å²) < 4.78 is 113. The highest BCUT2D eigenvalue weighted by atomic mass is 19.4. The minimum Gasteiger partial charge on any atom is -0.330 e. The highest BCUT2D eigenvalue weighted by Gasteiger charge is 2.32.